The van der Waals surface area contributed by atoms with Gasteiger partial charge in [-0.15, -0.1) is 0 Å². The minimum Gasteiger partial charge on any atom is -0.384 e. The maximum absolute atomic E-state index is 13.5. The van der Waals surface area contributed by atoms with Gasteiger partial charge in [0.2, 0.25) is 0 Å². The number of aromatic nitrogens is 1. The molecule has 5 nitrogen and oxygen atoms in total. The molecule has 5 rings (SSSR count). The van der Waals surface area contributed by atoms with E-state index in [1.54, 1.807) is 0 Å². The highest BCUT2D eigenvalue weighted by Gasteiger charge is 2.33. The quantitative estimate of drug-likeness (QED) is 0.458. The minimum atomic E-state index is 0.0547. The number of anilines is 2. The fourth-order valence-corrected chi connectivity index (χ4v) is 4.57. The lowest BCUT2D eigenvalue weighted by Crippen LogP contribution is -2.33. The number of nitrogens with zero attached hydrogens (tertiary/aromatic N) is 2. The number of rotatable bonds is 5. The molecule has 0 bridgehead atoms. The molecule has 0 atom stereocenters. The first-order valence-electron chi connectivity index (χ1n) is 10.8. The van der Waals surface area contributed by atoms with E-state index in [-0.39, 0.29) is 5.78 Å². The average Bonchev–Trinajstić information content (AvgIpc) is 3.18. The van der Waals surface area contributed by atoms with Crippen molar-refractivity contribution in [2.75, 3.05) is 29.9 Å². The van der Waals surface area contributed by atoms with Gasteiger partial charge in [-0.05, 0) is 31.2 Å². The van der Waals surface area contributed by atoms with Gasteiger partial charge in [-0.25, -0.2) is 0 Å². The SMILES string of the molecule is CCCCNc1cc(N2CCC(C)CC2)c2noc3c2c1C(=O)c1ccccc1-3. The molecule has 2 aromatic carbocycles. The van der Waals surface area contributed by atoms with E-state index >= 15 is 0 Å². The molecule has 1 aliphatic carbocycles. The second kappa shape index (κ2) is 7.21. The summed E-state index contributed by atoms with van der Waals surface area (Å²) < 4.78 is 5.85. The zero-order valence-corrected chi connectivity index (χ0v) is 17.1. The van der Waals surface area contributed by atoms with E-state index in [1.807, 2.05) is 24.3 Å². The molecule has 0 spiro atoms. The molecule has 3 aromatic rings. The molecule has 2 heterocycles. The highest BCUT2D eigenvalue weighted by molar-refractivity contribution is 6.28. The van der Waals surface area contributed by atoms with Gasteiger partial charge in [0.05, 0.1) is 16.6 Å². The average molecular weight is 389 g/mol. The number of hydrogen-bond acceptors (Lipinski definition) is 5. The van der Waals surface area contributed by atoms with Crippen molar-refractivity contribution < 1.29 is 9.32 Å². The predicted molar refractivity (Wildman–Crippen MR) is 117 cm³/mol. The van der Waals surface area contributed by atoms with Crippen LogP contribution < -0.4 is 10.2 Å². The first-order chi connectivity index (χ1) is 14.2. The Labute approximate surface area is 171 Å². The Morgan fingerprint density at radius 1 is 1.21 bits per heavy atom. The lowest BCUT2D eigenvalue weighted by Gasteiger charge is -2.33. The number of nitrogens with one attached hydrogen (secondary N) is 1. The summed E-state index contributed by atoms with van der Waals surface area (Å²) in [4.78, 5) is 15.9. The summed E-state index contributed by atoms with van der Waals surface area (Å²) >= 11 is 0. The molecule has 29 heavy (non-hydrogen) atoms. The highest BCUT2D eigenvalue weighted by atomic mass is 16.5. The van der Waals surface area contributed by atoms with Crippen LogP contribution in [-0.4, -0.2) is 30.6 Å². The fourth-order valence-electron chi connectivity index (χ4n) is 4.57. The van der Waals surface area contributed by atoms with Crippen molar-refractivity contribution in [3.05, 3.63) is 41.5 Å². The minimum absolute atomic E-state index is 0.0547. The molecule has 0 saturated carbocycles. The van der Waals surface area contributed by atoms with Gasteiger partial charge < -0.3 is 14.7 Å². The first kappa shape index (κ1) is 18.2. The number of hydrogen-bond donors (Lipinski definition) is 1. The molecule has 150 valence electrons. The number of benzene rings is 2. The fraction of sp³-hybridized carbons (Fsp3) is 0.417. The third-order valence-electron chi connectivity index (χ3n) is 6.35. The second-order valence-electron chi connectivity index (χ2n) is 8.38. The number of fused-ring (bicyclic) bond motifs is 2. The van der Waals surface area contributed by atoms with Crippen LogP contribution in [0.2, 0.25) is 0 Å². The zero-order valence-electron chi connectivity index (χ0n) is 17.1. The van der Waals surface area contributed by atoms with Gasteiger partial charge in [-0.2, -0.15) is 0 Å². The van der Waals surface area contributed by atoms with Gasteiger partial charge in [-0.1, -0.05) is 49.7 Å². The molecule has 1 N–H and O–H groups in total. The zero-order chi connectivity index (χ0) is 20.0. The smallest absolute Gasteiger partial charge is 0.196 e. The van der Waals surface area contributed by atoms with Crippen LogP contribution in [0.1, 0.15) is 55.5 Å². The monoisotopic (exact) mass is 389 g/mol. The molecule has 1 aromatic heterocycles. The second-order valence-corrected chi connectivity index (χ2v) is 8.38. The van der Waals surface area contributed by atoms with E-state index < -0.39 is 0 Å². The molecule has 0 unspecified atom stereocenters. The van der Waals surface area contributed by atoms with Crippen LogP contribution in [0.25, 0.3) is 22.2 Å². The van der Waals surface area contributed by atoms with Gasteiger partial charge in [-0.3, -0.25) is 4.79 Å². The van der Waals surface area contributed by atoms with Gasteiger partial charge >= 0.3 is 0 Å². The number of piperidine rings is 1. The van der Waals surface area contributed by atoms with Crippen molar-refractivity contribution in [2.45, 2.75) is 39.5 Å². The number of carbonyl (C=O) groups excluding carboxylic acids is 1. The summed E-state index contributed by atoms with van der Waals surface area (Å²) in [5.74, 6) is 1.53. The van der Waals surface area contributed by atoms with Crippen molar-refractivity contribution in [3.63, 3.8) is 0 Å². The lowest BCUT2D eigenvalue weighted by molar-refractivity contribution is 0.104. The van der Waals surface area contributed by atoms with E-state index in [0.717, 1.165) is 72.0 Å². The first-order valence-corrected chi connectivity index (χ1v) is 10.8. The topological polar surface area (TPSA) is 58.4 Å². The Morgan fingerprint density at radius 2 is 1.97 bits per heavy atom. The van der Waals surface area contributed by atoms with Gasteiger partial charge in [0, 0.05) is 36.4 Å². The molecular weight excluding hydrogens is 362 g/mol. The summed E-state index contributed by atoms with van der Waals surface area (Å²) in [7, 11) is 0. The van der Waals surface area contributed by atoms with Crippen LogP contribution in [0.15, 0.2) is 34.9 Å². The van der Waals surface area contributed by atoms with E-state index in [4.69, 9.17) is 4.52 Å². The van der Waals surface area contributed by atoms with E-state index in [0.29, 0.717) is 11.1 Å². The Kier molecular flexibility index (Phi) is 4.53. The molecule has 1 aliphatic heterocycles. The van der Waals surface area contributed by atoms with Crippen molar-refractivity contribution >= 4 is 28.1 Å². The van der Waals surface area contributed by atoms with Crippen molar-refractivity contribution in [3.8, 4) is 11.3 Å². The molecule has 0 amide bonds. The summed E-state index contributed by atoms with van der Waals surface area (Å²) in [6.45, 7) is 7.36. The largest absolute Gasteiger partial charge is 0.384 e. The number of unbranched alkanes of at least 4 members (excludes halogenated alkanes) is 1. The van der Waals surface area contributed by atoms with Crippen LogP contribution in [0.5, 0.6) is 0 Å². The molecule has 0 radical (unpaired) electrons. The van der Waals surface area contributed by atoms with Gasteiger partial charge in [0.25, 0.3) is 0 Å². The van der Waals surface area contributed by atoms with Crippen molar-refractivity contribution in [2.24, 2.45) is 5.92 Å². The Morgan fingerprint density at radius 3 is 2.72 bits per heavy atom. The molecule has 2 aliphatic rings. The third kappa shape index (κ3) is 2.91. The van der Waals surface area contributed by atoms with E-state index in [9.17, 15) is 4.79 Å². The highest BCUT2D eigenvalue weighted by Crippen LogP contribution is 2.46. The van der Waals surface area contributed by atoms with Crippen LogP contribution in [0, 0.1) is 5.92 Å². The Bertz CT molecular complexity index is 1080. The molecule has 5 heteroatoms. The van der Waals surface area contributed by atoms with Gasteiger partial charge in [0.1, 0.15) is 5.52 Å². The van der Waals surface area contributed by atoms with E-state index in [1.165, 1.54) is 12.8 Å². The van der Waals surface area contributed by atoms with Crippen LogP contribution >= 0.6 is 0 Å². The molecular formula is C24H27N3O2. The van der Waals surface area contributed by atoms with Gasteiger partial charge in [0.15, 0.2) is 11.5 Å². The number of ketones is 1. The van der Waals surface area contributed by atoms with Crippen molar-refractivity contribution in [1.29, 1.82) is 0 Å². The number of carbonyl (C=O) groups is 1. The summed E-state index contributed by atoms with van der Waals surface area (Å²) in [6, 6.07) is 9.81. The maximum atomic E-state index is 13.5. The normalized spacial score (nSPS) is 16.3. The van der Waals surface area contributed by atoms with Crippen LogP contribution in [0.3, 0.4) is 0 Å². The molecule has 1 saturated heterocycles. The predicted octanol–water partition coefficient (Wildman–Crippen LogP) is 5.49. The van der Waals surface area contributed by atoms with Crippen molar-refractivity contribution in [1.82, 2.24) is 5.16 Å². The summed E-state index contributed by atoms with van der Waals surface area (Å²) in [6.07, 6.45) is 4.52. The standard InChI is InChI=1S/C24H27N3O2/c1-3-4-11-25-18-14-19(27-12-9-15(2)10-13-27)22-21-20(18)23(28)16-7-5-6-8-17(16)24(21)29-26-22/h5-8,14-15,25H,3-4,9-13H2,1-2H3. The summed E-state index contributed by atoms with van der Waals surface area (Å²) in [5, 5.41) is 8.86. The summed E-state index contributed by atoms with van der Waals surface area (Å²) in [5.41, 5.74) is 5.04. The van der Waals surface area contributed by atoms with E-state index in [2.05, 4.69) is 35.3 Å². The van der Waals surface area contributed by atoms with Crippen LogP contribution in [-0.2, 0) is 0 Å². The maximum Gasteiger partial charge on any atom is 0.196 e. The van der Waals surface area contributed by atoms with Crippen LogP contribution in [0.4, 0.5) is 11.4 Å². The Hall–Kier alpha value is -2.82. The Balaban J connectivity index is 1.71. The molecule has 1 fully saturated rings. The third-order valence-corrected chi connectivity index (χ3v) is 6.35. The lowest BCUT2D eigenvalue weighted by atomic mass is 9.86.